The molecular formula is C11H18N4O. The van der Waals surface area contributed by atoms with Gasteiger partial charge in [-0.05, 0) is 19.9 Å². The van der Waals surface area contributed by atoms with Crippen LogP contribution < -0.4 is 10.6 Å². The number of aryl methyl sites for hydroxylation is 1. The Morgan fingerprint density at radius 1 is 1.62 bits per heavy atom. The van der Waals surface area contributed by atoms with Gasteiger partial charge in [-0.15, -0.1) is 0 Å². The number of carbonyl (C=O) groups excluding carboxylic acids is 1. The van der Waals surface area contributed by atoms with Crippen molar-refractivity contribution in [1.82, 2.24) is 20.2 Å². The molecule has 0 bridgehead atoms. The Labute approximate surface area is 95.2 Å². The van der Waals surface area contributed by atoms with Crippen LogP contribution in [0.4, 0.5) is 0 Å². The number of nitrogens with zero attached hydrogens (tertiary/aromatic N) is 2. The Morgan fingerprint density at radius 2 is 2.44 bits per heavy atom. The summed E-state index contributed by atoms with van der Waals surface area (Å²) < 4.78 is 2.02. The zero-order valence-corrected chi connectivity index (χ0v) is 9.57. The van der Waals surface area contributed by atoms with E-state index in [1.165, 1.54) is 0 Å². The average Bonchev–Trinajstić information content (AvgIpc) is 2.95. The van der Waals surface area contributed by atoms with Gasteiger partial charge in [0.25, 0.3) is 0 Å². The molecule has 0 atom stereocenters. The van der Waals surface area contributed by atoms with Gasteiger partial charge in [-0.25, -0.2) is 4.98 Å². The fourth-order valence-electron chi connectivity index (χ4n) is 1.62. The topological polar surface area (TPSA) is 59.0 Å². The number of amides is 1. The van der Waals surface area contributed by atoms with Crippen LogP contribution in [0, 0.1) is 0 Å². The summed E-state index contributed by atoms with van der Waals surface area (Å²) in [6.45, 7) is 1.44. The zero-order chi connectivity index (χ0) is 11.4. The maximum Gasteiger partial charge on any atom is 0.222 e. The molecule has 0 unspecified atom stereocenters. The summed E-state index contributed by atoms with van der Waals surface area (Å²) in [4.78, 5) is 15.7. The maximum absolute atomic E-state index is 11.5. The number of imidazole rings is 1. The molecule has 1 aromatic rings. The molecule has 1 fully saturated rings. The molecule has 1 amide bonds. The predicted octanol–water partition coefficient (Wildman–Crippen LogP) is 0.271. The van der Waals surface area contributed by atoms with Gasteiger partial charge in [0.1, 0.15) is 5.82 Å². The highest BCUT2D eigenvalue weighted by Crippen LogP contribution is 2.18. The summed E-state index contributed by atoms with van der Waals surface area (Å²) in [5.41, 5.74) is 0. The minimum absolute atomic E-state index is 0.145. The number of rotatable bonds is 6. The fourth-order valence-corrected chi connectivity index (χ4v) is 1.62. The lowest BCUT2D eigenvalue weighted by molar-refractivity contribution is -0.121. The van der Waals surface area contributed by atoms with Crippen LogP contribution in [-0.2, 0) is 17.9 Å². The maximum atomic E-state index is 11.5. The molecule has 1 aliphatic rings. The second-order valence-corrected chi connectivity index (χ2v) is 4.16. The van der Waals surface area contributed by atoms with Crippen molar-refractivity contribution in [3.8, 4) is 0 Å². The molecule has 2 N–H and O–H groups in total. The van der Waals surface area contributed by atoms with E-state index >= 15 is 0 Å². The Kier molecular flexibility index (Phi) is 3.56. The number of nitrogens with one attached hydrogen (secondary N) is 2. The molecule has 5 nitrogen and oxygen atoms in total. The van der Waals surface area contributed by atoms with Crippen LogP contribution in [-0.4, -0.2) is 28.5 Å². The fraction of sp³-hybridized carbons (Fsp3) is 0.636. The number of hydrogen-bond acceptors (Lipinski definition) is 3. The van der Waals surface area contributed by atoms with E-state index in [4.69, 9.17) is 0 Å². The Bertz CT molecular complexity index is 357. The zero-order valence-electron chi connectivity index (χ0n) is 9.57. The van der Waals surface area contributed by atoms with Crippen LogP contribution in [0.15, 0.2) is 12.4 Å². The summed E-state index contributed by atoms with van der Waals surface area (Å²) in [5, 5.41) is 6.04. The molecule has 1 saturated carbocycles. The lowest BCUT2D eigenvalue weighted by Crippen LogP contribution is -2.26. The molecule has 0 aromatic carbocycles. The molecule has 0 radical (unpaired) electrons. The molecular weight excluding hydrogens is 204 g/mol. The first-order chi connectivity index (χ1) is 7.79. The first kappa shape index (κ1) is 11.1. The summed E-state index contributed by atoms with van der Waals surface area (Å²) in [7, 11) is 1.89. The van der Waals surface area contributed by atoms with Gasteiger partial charge in [0.2, 0.25) is 5.91 Å². The molecule has 0 aliphatic heterocycles. The van der Waals surface area contributed by atoms with Crippen molar-refractivity contribution >= 4 is 5.91 Å². The minimum Gasteiger partial charge on any atom is -0.353 e. The molecule has 5 heteroatoms. The van der Waals surface area contributed by atoms with E-state index in [1.54, 1.807) is 6.20 Å². The summed E-state index contributed by atoms with van der Waals surface area (Å²) in [6, 6.07) is 0.451. The highest BCUT2D eigenvalue weighted by molar-refractivity contribution is 5.76. The Morgan fingerprint density at radius 3 is 3.12 bits per heavy atom. The third-order valence-corrected chi connectivity index (χ3v) is 2.66. The standard InChI is InChI=1S/C11H18N4O/c1-12-8-10-13-5-7-15(10)6-4-11(16)14-9-2-3-9/h5,7,9,12H,2-4,6,8H2,1H3,(H,14,16). The number of carbonyl (C=O) groups is 1. The van der Waals surface area contributed by atoms with Crippen molar-refractivity contribution in [2.24, 2.45) is 0 Å². The molecule has 1 heterocycles. The molecule has 16 heavy (non-hydrogen) atoms. The van der Waals surface area contributed by atoms with Crippen molar-refractivity contribution in [1.29, 1.82) is 0 Å². The van der Waals surface area contributed by atoms with E-state index in [1.807, 2.05) is 17.8 Å². The summed E-state index contributed by atoms with van der Waals surface area (Å²) in [6.07, 6.45) is 6.50. The second-order valence-electron chi connectivity index (χ2n) is 4.16. The molecule has 0 saturated heterocycles. The monoisotopic (exact) mass is 222 g/mol. The van der Waals surface area contributed by atoms with Crippen LogP contribution in [0.3, 0.4) is 0 Å². The number of aromatic nitrogens is 2. The van der Waals surface area contributed by atoms with Crippen LogP contribution in [0.5, 0.6) is 0 Å². The van der Waals surface area contributed by atoms with Gasteiger partial charge >= 0.3 is 0 Å². The van der Waals surface area contributed by atoms with Gasteiger partial charge in [0.15, 0.2) is 0 Å². The van der Waals surface area contributed by atoms with E-state index < -0.39 is 0 Å². The Balaban J connectivity index is 1.78. The SMILES string of the molecule is CNCc1nccn1CCC(=O)NC1CC1. The average molecular weight is 222 g/mol. The van der Waals surface area contributed by atoms with Gasteiger partial charge in [-0.2, -0.15) is 0 Å². The minimum atomic E-state index is 0.145. The van der Waals surface area contributed by atoms with Crippen LogP contribution >= 0.6 is 0 Å². The van der Waals surface area contributed by atoms with Crippen LogP contribution in [0.1, 0.15) is 25.1 Å². The van der Waals surface area contributed by atoms with E-state index in [-0.39, 0.29) is 5.91 Å². The second kappa shape index (κ2) is 5.12. The highest BCUT2D eigenvalue weighted by Gasteiger charge is 2.22. The third-order valence-electron chi connectivity index (χ3n) is 2.66. The van der Waals surface area contributed by atoms with Gasteiger partial charge in [0, 0.05) is 31.4 Å². The first-order valence-electron chi connectivity index (χ1n) is 5.73. The first-order valence-corrected chi connectivity index (χ1v) is 5.73. The summed E-state index contributed by atoms with van der Waals surface area (Å²) >= 11 is 0. The van der Waals surface area contributed by atoms with E-state index in [9.17, 15) is 4.79 Å². The lowest BCUT2D eigenvalue weighted by Gasteiger charge is -2.07. The van der Waals surface area contributed by atoms with Gasteiger partial charge < -0.3 is 15.2 Å². The summed E-state index contributed by atoms with van der Waals surface area (Å²) in [5.74, 6) is 1.12. The van der Waals surface area contributed by atoms with Crippen LogP contribution in [0.2, 0.25) is 0 Å². The third kappa shape index (κ3) is 3.06. The highest BCUT2D eigenvalue weighted by atomic mass is 16.1. The van der Waals surface area contributed by atoms with Crippen molar-refractivity contribution in [2.45, 2.75) is 38.4 Å². The van der Waals surface area contributed by atoms with Crippen molar-refractivity contribution in [3.63, 3.8) is 0 Å². The van der Waals surface area contributed by atoms with Crippen molar-refractivity contribution in [3.05, 3.63) is 18.2 Å². The van der Waals surface area contributed by atoms with Gasteiger partial charge in [-0.3, -0.25) is 4.79 Å². The van der Waals surface area contributed by atoms with Gasteiger partial charge in [0.05, 0.1) is 6.54 Å². The Hall–Kier alpha value is -1.36. The quantitative estimate of drug-likeness (QED) is 0.726. The molecule has 88 valence electrons. The smallest absolute Gasteiger partial charge is 0.222 e. The van der Waals surface area contributed by atoms with E-state index in [2.05, 4.69) is 15.6 Å². The predicted molar refractivity (Wildman–Crippen MR) is 60.8 cm³/mol. The van der Waals surface area contributed by atoms with Gasteiger partial charge in [-0.1, -0.05) is 0 Å². The normalized spacial score (nSPS) is 15.1. The molecule has 1 aromatic heterocycles. The number of hydrogen-bond donors (Lipinski definition) is 2. The van der Waals surface area contributed by atoms with Crippen molar-refractivity contribution < 1.29 is 4.79 Å². The molecule has 2 rings (SSSR count). The largest absolute Gasteiger partial charge is 0.353 e. The lowest BCUT2D eigenvalue weighted by atomic mass is 10.4. The van der Waals surface area contributed by atoms with E-state index in [0.717, 1.165) is 25.2 Å². The molecule has 0 spiro atoms. The van der Waals surface area contributed by atoms with Crippen molar-refractivity contribution in [2.75, 3.05) is 7.05 Å². The van der Waals surface area contributed by atoms with Crippen LogP contribution in [0.25, 0.3) is 0 Å². The molecule has 1 aliphatic carbocycles. The van der Waals surface area contributed by atoms with E-state index in [0.29, 0.717) is 19.0 Å².